The smallest absolute Gasteiger partial charge is 0.325 e. The zero-order chi connectivity index (χ0) is 13.0. The zero-order valence-electron chi connectivity index (χ0n) is 10.3. The van der Waals surface area contributed by atoms with Gasteiger partial charge >= 0.3 is 5.97 Å². The van der Waals surface area contributed by atoms with E-state index in [1.807, 2.05) is 0 Å². The lowest BCUT2D eigenvalue weighted by Gasteiger charge is -2.19. The van der Waals surface area contributed by atoms with Crippen LogP contribution in [0.25, 0.3) is 0 Å². The third kappa shape index (κ3) is 2.99. The van der Waals surface area contributed by atoms with Gasteiger partial charge in [0.1, 0.15) is 12.2 Å². The first-order valence-electron chi connectivity index (χ1n) is 5.27. The zero-order valence-corrected chi connectivity index (χ0v) is 10.3. The van der Waals surface area contributed by atoms with E-state index in [2.05, 4.69) is 4.74 Å². The van der Waals surface area contributed by atoms with Crippen molar-refractivity contribution in [2.75, 3.05) is 25.9 Å². The molecule has 0 atom stereocenters. The Morgan fingerprint density at radius 2 is 2.18 bits per heavy atom. The molecule has 2 N–H and O–H groups in total. The number of nitrogens with zero attached hydrogens (tertiary/aromatic N) is 2. The molecule has 0 aromatic carbocycles. The Kier molecular flexibility index (Phi) is 4.14. The quantitative estimate of drug-likeness (QED) is 0.764. The number of rotatable bonds is 4. The van der Waals surface area contributed by atoms with Crippen LogP contribution in [0.2, 0.25) is 0 Å². The van der Waals surface area contributed by atoms with Crippen LogP contribution >= 0.6 is 0 Å². The molecule has 1 aromatic rings. The lowest BCUT2D eigenvalue weighted by molar-refractivity contribution is -0.141. The van der Waals surface area contributed by atoms with E-state index in [0.29, 0.717) is 17.9 Å². The predicted molar refractivity (Wildman–Crippen MR) is 63.4 cm³/mol. The van der Waals surface area contributed by atoms with Crippen molar-refractivity contribution in [3.8, 4) is 0 Å². The van der Waals surface area contributed by atoms with Crippen LogP contribution in [0.5, 0.6) is 0 Å². The molecule has 0 spiro atoms. The van der Waals surface area contributed by atoms with Crippen molar-refractivity contribution in [1.29, 1.82) is 0 Å². The summed E-state index contributed by atoms with van der Waals surface area (Å²) >= 11 is 0. The summed E-state index contributed by atoms with van der Waals surface area (Å²) in [5.41, 5.74) is 6.57. The number of nitrogens with two attached hydrogens (primary N) is 1. The minimum Gasteiger partial charge on any atom is -0.468 e. The summed E-state index contributed by atoms with van der Waals surface area (Å²) in [6.45, 7) is 2.17. The molecule has 94 valence electrons. The Hall–Kier alpha value is -1.98. The molecule has 0 saturated heterocycles. The largest absolute Gasteiger partial charge is 0.468 e. The highest BCUT2D eigenvalue weighted by Gasteiger charge is 2.20. The van der Waals surface area contributed by atoms with Gasteiger partial charge in [0.05, 0.1) is 12.8 Å². The molecule has 0 unspecified atom stereocenters. The fourth-order valence-corrected chi connectivity index (χ4v) is 1.51. The molecule has 1 heterocycles. The third-order valence-corrected chi connectivity index (χ3v) is 2.46. The van der Waals surface area contributed by atoms with E-state index in [4.69, 9.17) is 5.73 Å². The van der Waals surface area contributed by atoms with Gasteiger partial charge in [-0.15, -0.1) is 0 Å². The number of methoxy groups -OCH3 is 1. The van der Waals surface area contributed by atoms with Crippen molar-refractivity contribution in [1.82, 2.24) is 9.47 Å². The van der Waals surface area contributed by atoms with Crippen LogP contribution in [0.15, 0.2) is 12.3 Å². The molecule has 1 aromatic heterocycles. The monoisotopic (exact) mass is 239 g/mol. The second-order valence-electron chi connectivity index (χ2n) is 3.67. The van der Waals surface area contributed by atoms with Gasteiger partial charge in [-0.1, -0.05) is 0 Å². The number of carbonyl (C=O) groups excluding carboxylic acids is 2. The number of carbonyl (C=O) groups is 2. The van der Waals surface area contributed by atoms with E-state index in [1.165, 1.54) is 12.0 Å². The first-order valence-corrected chi connectivity index (χ1v) is 5.27. The molecule has 0 bridgehead atoms. The van der Waals surface area contributed by atoms with Crippen molar-refractivity contribution in [3.63, 3.8) is 0 Å². The van der Waals surface area contributed by atoms with Crippen LogP contribution in [-0.2, 0) is 16.6 Å². The van der Waals surface area contributed by atoms with Crippen molar-refractivity contribution in [3.05, 3.63) is 18.0 Å². The average Bonchev–Trinajstić information content (AvgIpc) is 2.64. The van der Waals surface area contributed by atoms with Crippen molar-refractivity contribution in [2.24, 2.45) is 7.05 Å². The maximum absolute atomic E-state index is 12.1. The minimum absolute atomic E-state index is 0.0586. The number of aromatic nitrogens is 1. The highest BCUT2D eigenvalue weighted by Crippen LogP contribution is 2.11. The summed E-state index contributed by atoms with van der Waals surface area (Å²) in [6, 6.07) is 1.59. The maximum atomic E-state index is 12.1. The third-order valence-electron chi connectivity index (χ3n) is 2.46. The number of nitrogen functional groups attached to an aromatic ring is 1. The molecular formula is C11H17N3O3. The second kappa shape index (κ2) is 5.38. The van der Waals surface area contributed by atoms with Crippen LogP contribution in [0.4, 0.5) is 5.69 Å². The number of amides is 1. The molecule has 17 heavy (non-hydrogen) atoms. The lowest BCUT2D eigenvalue weighted by atomic mass is 10.3. The van der Waals surface area contributed by atoms with Gasteiger partial charge in [0, 0.05) is 19.8 Å². The Balaban J connectivity index is 2.86. The summed E-state index contributed by atoms with van der Waals surface area (Å²) in [7, 11) is 3.02. The highest BCUT2D eigenvalue weighted by molar-refractivity contribution is 5.95. The van der Waals surface area contributed by atoms with Crippen LogP contribution in [-0.4, -0.2) is 41.5 Å². The summed E-state index contributed by atoms with van der Waals surface area (Å²) < 4.78 is 6.18. The minimum atomic E-state index is -0.442. The van der Waals surface area contributed by atoms with Crippen LogP contribution in [0, 0.1) is 0 Å². The molecule has 0 radical (unpaired) electrons. The Labute approximate surface area is 99.9 Å². The number of ether oxygens (including phenoxy) is 1. The molecule has 0 saturated carbocycles. The Morgan fingerprint density at radius 1 is 1.53 bits per heavy atom. The number of aryl methyl sites for hydroxylation is 1. The van der Waals surface area contributed by atoms with E-state index in [0.717, 1.165) is 0 Å². The molecule has 0 aliphatic heterocycles. The summed E-state index contributed by atoms with van der Waals surface area (Å²) in [5, 5.41) is 0. The first-order chi connectivity index (χ1) is 7.99. The normalized spacial score (nSPS) is 10.1. The van der Waals surface area contributed by atoms with Gasteiger partial charge in [-0.25, -0.2) is 0 Å². The van der Waals surface area contributed by atoms with Crippen LogP contribution < -0.4 is 5.73 Å². The topological polar surface area (TPSA) is 77.6 Å². The summed E-state index contributed by atoms with van der Waals surface area (Å²) in [4.78, 5) is 24.7. The van der Waals surface area contributed by atoms with Crippen LogP contribution in [0.3, 0.4) is 0 Å². The molecule has 6 nitrogen and oxygen atoms in total. The van der Waals surface area contributed by atoms with E-state index >= 15 is 0 Å². The van der Waals surface area contributed by atoms with Gasteiger partial charge in [0.15, 0.2) is 0 Å². The molecule has 1 amide bonds. The number of hydrogen-bond donors (Lipinski definition) is 1. The molecule has 0 aliphatic rings. The van der Waals surface area contributed by atoms with Gasteiger partial charge in [-0.2, -0.15) is 0 Å². The van der Waals surface area contributed by atoms with Gasteiger partial charge < -0.3 is 19.9 Å². The van der Waals surface area contributed by atoms with Gasteiger partial charge in [-0.3, -0.25) is 9.59 Å². The van der Waals surface area contributed by atoms with E-state index in [1.54, 1.807) is 30.8 Å². The number of esters is 1. The van der Waals surface area contributed by atoms with Gasteiger partial charge in [-0.05, 0) is 13.0 Å². The summed E-state index contributed by atoms with van der Waals surface area (Å²) in [6.07, 6.45) is 1.65. The van der Waals surface area contributed by atoms with Gasteiger partial charge in [0.2, 0.25) is 0 Å². The van der Waals surface area contributed by atoms with E-state index in [9.17, 15) is 9.59 Å². The number of likely N-dealkylation sites (N-methyl/N-ethyl adjacent to an activating group) is 1. The molecule has 1 rings (SSSR count). The molecule has 6 heteroatoms. The fourth-order valence-electron chi connectivity index (χ4n) is 1.51. The summed E-state index contributed by atoms with van der Waals surface area (Å²) in [5.74, 6) is -0.681. The standard InChI is InChI=1S/C11H17N3O3/c1-4-14(7-10(15)17-3)11(16)9-5-8(12)6-13(9)2/h5-6H,4,7,12H2,1-3H3. The lowest BCUT2D eigenvalue weighted by Crippen LogP contribution is -2.36. The predicted octanol–water partition coefficient (Wildman–Crippen LogP) is 0.242. The van der Waals surface area contributed by atoms with Crippen LogP contribution in [0.1, 0.15) is 17.4 Å². The van der Waals surface area contributed by atoms with Crippen molar-refractivity contribution >= 4 is 17.6 Å². The van der Waals surface area contributed by atoms with Gasteiger partial charge in [0.25, 0.3) is 5.91 Å². The molecule has 0 fully saturated rings. The SMILES string of the molecule is CCN(CC(=O)OC)C(=O)c1cc(N)cn1C. The highest BCUT2D eigenvalue weighted by atomic mass is 16.5. The van der Waals surface area contributed by atoms with E-state index in [-0.39, 0.29) is 12.5 Å². The molecule has 0 aliphatic carbocycles. The second-order valence-corrected chi connectivity index (χ2v) is 3.67. The fraction of sp³-hybridized carbons (Fsp3) is 0.455. The first kappa shape index (κ1) is 13.1. The Bertz CT molecular complexity index is 426. The van der Waals surface area contributed by atoms with Crippen molar-refractivity contribution in [2.45, 2.75) is 6.92 Å². The maximum Gasteiger partial charge on any atom is 0.325 e. The van der Waals surface area contributed by atoms with E-state index < -0.39 is 5.97 Å². The average molecular weight is 239 g/mol. The molecular weight excluding hydrogens is 222 g/mol. The number of anilines is 1. The number of hydrogen-bond acceptors (Lipinski definition) is 4. The van der Waals surface area contributed by atoms with Crippen molar-refractivity contribution < 1.29 is 14.3 Å². The Morgan fingerprint density at radius 3 is 2.59 bits per heavy atom.